The van der Waals surface area contributed by atoms with E-state index in [-0.39, 0.29) is 18.1 Å². The molecule has 0 aliphatic heterocycles. The summed E-state index contributed by atoms with van der Waals surface area (Å²) in [4.78, 5) is 27.5. The van der Waals surface area contributed by atoms with Crippen molar-refractivity contribution >= 4 is 49.7 Å². The molecule has 112 valence electrons. The molecular weight excluding hydrogens is 325 g/mol. The van der Waals surface area contributed by atoms with Gasteiger partial charge in [-0.2, -0.15) is 0 Å². The van der Waals surface area contributed by atoms with E-state index in [0.717, 1.165) is 0 Å². The Morgan fingerprint density at radius 2 is 2.18 bits per heavy atom. The minimum Gasteiger partial charge on any atom is -0.369 e. The lowest BCUT2D eigenvalue weighted by molar-refractivity contribution is -0.117. The van der Waals surface area contributed by atoms with Crippen molar-refractivity contribution in [3.63, 3.8) is 0 Å². The molecular formula is C14H10FN3O2S2. The van der Waals surface area contributed by atoms with Crippen LogP contribution in [0.3, 0.4) is 0 Å². The van der Waals surface area contributed by atoms with E-state index in [9.17, 15) is 14.0 Å². The third-order valence-electron chi connectivity index (χ3n) is 2.86. The second kappa shape index (κ2) is 5.82. The normalized spacial score (nSPS) is 10.8. The number of thiophene rings is 1. The van der Waals surface area contributed by atoms with Gasteiger partial charge in [0.2, 0.25) is 5.91 Å². The van der Waals surface area contributed by atoms with E-state index in [2.05, 4.69) is 10.3 Å². The Bertz CT molecular complexity index is 872. The van der Waals surface area contributed by atoms with E-state index in [1.165, 1.54) is 34.8 Å². The number of rotatable bonds is 4. The fourth-order valence-electron chi connectivity index (χ4n) is 1.92. The molecule has 3 N–H and O–H groups in total. The van der Waals surface area contributed by atoms with Gasteiger partial charge in [0, 0.05) is 15.5 Å². The molecule has 1 aromatic carbocycles. The number of nitrogens with zero attached hydrogens (tertiary/aromatic N) is 1. The van der Waals surface area contributed by atoms with Gasteiger partial charge in [-0.15, -0.1) is 22.7 Å². The van der Waals surface area contributed by atoms with E-state index >= 15 is 0 Å². The van der Waals surface area contributed by atoms with Gasteiger partial charge in [-0.25, -0.2) is 9.37 Å². The van der Waals surface area contributed by atoms with Gasteiger partial charge in [0.05, 0.1) is 17.0 Å². The van der Waals surface area contributed by atoms with Crippen LogP contribution in [-0.2, 0) is 11.2 Å². The van der Waals surface area contributed by atoms with E-state index in [1.54, 1.807) is 17.5 Å². The quantitative estimate of drug-likeness (QED) is 0.769. The van der Waals surface area contributed by atoms with Crippen LogP contribution in [0.15, 0.2) is 29.6 Å². The number of benzene rings is 1. The standard InChI is InChI=1S/C14H10FN3O2S2/c15-9-2-1-3-10-8(9)5-11(22-10)13(20)18-14-17-7(6-21-14)4-12(16)19/h1-3,5-6H,4H2,(H2,16,19)(H,17,18,20). The lowest BCUT2D eigenvalue weighted by Gasteiger charge is -1.97. The van der Waals surface area contributed by atoms with Crippen LogP contribution in [0.4, 0.5) is 9.52 Å². The molecule has 0 spiro atoms. The molecule has 0 aliphatic rings. The van der Waals surface area contributed by atoms with Crippen molar-refractivity contribution in [1.29, 1.82) is 0 Å². The summed E-state index contributed by atoms with van der Waals surface area (Å²) in [5, 5.41) is 5.09. The van der Waals surface area contributed by atoms with Crippen molar-refractivity contribution in [3.8, 4) is 0 Å². The first kappa shape index (κ1) is 14.6. The maximum Gasteiger partial charge on any atom is 0.267 e. The fraction of sp³-hybridized carbons (Fsp3) is 0.0714. The molecule has 22 heavy (non-hydrogen) atoms. The maximum atomic E-state index is 13.6. The highest BCUT2D eigenvalue weighted by Gasteiger charge is 2.14. The average molecular weight is 335 g/mol. The molecule has 8 heteroatoms. The zero-order valence-corrected chi connectivity index (χ0v) is 12.8. The van der Waals surface area contributed by atoms with Crippen molar-refractivity contribution in [2.45, 2.75) is 6.42 Å². The Balaban J connectivity index is 1.79. The number of carbonyl (C=O) groups is 2. The Kier molecular flexibility index (Phi) is 3.86. The van der Waals surface area contributed by atoms with Crippen LogP contribution in [-0.4, -0.2) is 16.8 Å². The predicted molar refractivity (Wildman–Crippen MR) is 84.7 cm³/mol. The van der Waals surface area contributed by atoms with Gasteiger partial charge < -0.3 is 5.73 Å². The molecule has 0 fully saturated rings. The molecule has 2 aromatic heterocycles. The van der Waals surface area contributed by atoms with E-state index < -0.39 is 5.91 Å². The molecule has 0 bridgehead atoms. The van der Waals surface area contributed by atoms with Crippen LogP contribution < -0.4 is 11.1 Å². The highest BCUT2D eigenvalue weighted by molar-refractivity contribution is 7.21. The number of fused-ring (bicyclic) bond motifs is 1. The van der Waals surface area contributed by atoms with Gasteiger partial charge in [-0.1, -0.05) is 6.07 Å². The van der Waals surface area contributed by atoms with Crippen LogP contribution in [0.25, 0.3) is 10.1 Å². The molecule has 5 nitrogen and oxygen atoms in total. The molecule has 0 atom stereocenters. The summed E-state index contributed by atoms with van der Waals surface area (Å²) in [7, 11) is 0. The van der Waals surface area contributed by atoms with Crippen LogP contribution in [0.2, 0.25) is 0 Å². The Morgan fingerprint density at radius 3 is 2.91 bits per heavy atom. The van der Waals surface area contributed by atoms with Crippen molar-refractivity contribution in [3.05, 3.63) is 46.0 Å². The summed E-state index contributed by atoms with van der Waals surface area (Å²) >= 11 is 2.41. The lowest BCUT2D eigenvalue weighted by atomic mass is 10.2. The number of halogens is 1. The summed E-state index contributed by atoms with van der Waals surface area (Å²) in [6.07, 6.45) is 0.0282. The molecule has 0 saturated heterocycles. The second-order valence-corrected chi connectivity index (χ2v) is 6.45. The van der Waals surface area contributed by atoms with Crippen molar-refractivity contribution < 1.29 is 14.0 Å². The number of anilines is 1. The first-order chi connectivity index (χ1) is 10.5. The smallest absolute Gasteiger partial charge is 0.267 e. The Hall–Kier alpha value is -2.32. The first-order valence-electron chi connectivity index (χ1n) is 6.25. The monoisotopic (exact) mass is 335 g/mol. The molecule has 3 rings (SSSR count). The second-order valence-electron chi connectivity index (χ2n) is 4.50. The minimum absolute atomic E-state index is 0.0282. The van der Waals surface area contributed by atoms with Crippen molar-refractivity contribution in [2.75, 3.05) is 5.32 Å². The predicted octanol–water partition coefficient (Wildman–Crippen LogP) is 2.78. The number of hydrogen-bond donors (Lipinski definition) is 2. The van der Waals surface area contributed by atoms with Gasteiger partial charge in [-0.3, -0.25) is 14.9 Å². The van der Waals surface area contributed by atoms with Crippen LogP contribution in [0, 0.1) is 5.82 Å². The van der Waals surface area contributed by atoms with Crippen molar-refractivity contribution in [1.82, 2.24) is 4.98 Å². The topological polar surface area (TPSA) is 85.1 Å². The molecule has 3 aromatic rings. The van der Waals surface area contributed by atoms with Crippen LogP contribution >= 0.6 is 22.7 Å². The number of nitrogens with two attached hydrogens (primary N) is 1. The van der Waals surface area contributed by atoms with E-state index in [0.29, 0.717) is 25.8 Å². The van der Waals surface area contributed by atoms with Gasteiger partial charge in [0.15, 0.2) is 5.13 Å². The van der Waals surface area contributed by atoms with Gasteiger partial charge in [0.1, 0.15) is 5.82 Å². The van der Waals surface area contributed by atoms with Crippen LogP contribution in [0.5, 0.6) is 0 Å². The number of aromatic nitrogens is 1. The third-order valence-corrected chi connectivity index (χ3v) is 4.77. The Labute approximate surface area is 132 Å². The van der Waals surface area contributed by atoms with E-state index in [4.69, 9.17) is 5.73 Å². The summed E-state index contributed by atoms with van der Waals surface area (Å²) < 4.78 is 14.3. The summed E-state index contributed by atoms with van der Waals surface area (Å²) in [5.41, 5.74) is 5.60. The SMILES string of the molecule is NC(=O)Cc1csc(NC(=O)c2cc3c(F)cccc3s2)n1. The first-order valence-corrected chi connectivity index (χ1v) is 7.94. The molecule has 2 heterocycles. The Morgan fingerprint density at radius 1 is 1.36 bits per heavy atom. The largest absolute Gasteiger partial charge is 0.369 e. The minimum atomic E-state index is -0.483. The maximum absolute atomic E-state index is 13.6. The summed E-state index contributed by atoms with van der Waals surface area (Å²) in [6, 6.07) is 6.23. The number of nitrogens with one attached hydrogen (secondary N) is 1. The summed E-state index contributed by atoms with van der Waals surface area (Å²) in [5.74, 6) is -1.20. The molecule has 0 aliphatic carbocycles. The molecule has 2 amide bonds. The fourth-order valence-corrected chi connectivity index (χ4v) is 3.60. The zero-order chi connectivity index (χ0) is 15.7. The van der Waals surface area contributed by atoms with Gasteiger partial charge >= 0.3 is 0 Å². The number of amides is 2. The average Bonchev–Trinajstić information content (AvgIpc) is 3.05. The van der Waals surface area contributed by atoms with Gasteiger partial charge in [0.25, 0.3) is 5.91 Å². The van der Waals surface area contributed by atoms with Gasteiger partial charge in [-0.05, 0) is 18.2 Å². The molecule has 0 unspecified atom stereocenters. The number of hydrogen-bond acceptors (Lipinski definition) is 5. The number of primary amides is 1. The van der Waals surface area contributed by atoms with Crippen LogP contribution in [0.1, 0.15) is 15.4 Å². The number of carbonyl (C=O) groups excluding carboxylic acids is 2. The van der Waals surface area contributed by atoms with E-state index in [1.807, 2.05) is 0 Å². The lowest BCUT2D eigenvalue weighted by Crippen LogP contribution is -2.14. The zero-order valence-electron chi connectivity index (χ0n) is 11.1. The summed E-state index contributed by atoms with van der Waals surface area (Å²) in [6.45, 7) is 0. The van der Waals surface area contributed by atoms with Crippen molar-refractivity contribution in [2.24, 2.45) is 5.73 Å². The third kappa shape index (κ3) is 2.97. The number of thiazole rings is 1. The highest BCUT2D eigenvalue weighted by Crippen LogP contribution is 2.28. The molecule has 0 saturated carbocycles. The molecule has 0 radical (unpaired) electrons. The highest BCUT2D eigenvalue weighted by atomic mass is 32.1.